The van der Waals surface area contributed by atoms with Crippen molar-refractivity contribution < 1.29 is 28.7 Å². The van der Waals surface area contributed by atoms with E-state index in [1.807, 2.05) is 29.0 Å². The molecule has 276 valence electrons. The van der Waals surface area contributed by atoms with E-state index in [1.54, 1.807) is 33.9 Å². The fourth-order valence-corrected chi connectivity index (χ4v) is 8.19. The topological polar surface area (TPSA) is 152 Å². The smallest absolute Gasteiger partial charge is 0.408 e. The highest BCUT2D eigenvalue weighted by molar-refractivity contribution is 7.08. The van der Waals surface area contributed by atoms with Crippen LogP contribution in [0.5, 0.6) is 0 Å². The van der Waals surface area contributed by atoms with Crippen LogP contribution in [-0.4, -0.2) is 88.0 Å². The van der Waals surface area contributed by atoms with Gasteiger partial charge in [0.15, 0.2) is 0 Å². The van der Waals surface area contributed by atoms with Gasteiger partial charge >= 0.3 is 12.1 Å². The predicted octanol–water partition coefficient (Wildman–Crippen LogP) is 4.57. The van der Waals surface area contributed by atoms with Gasteiger partial charge in [0.05, 0.1) is 30.1 Å². The van der Waals surface area contributed by atoms with Crippen LogP contribution in [0.3, 0.4) is 0 Å². The van der Waals surface area contributed by atoms with E-state index in [9.17, 15) is 24.0 Å². The summed E-state index contributed by atoms with van der Waals surface area (Å²) in [5, 5.41) is 14.3. The second-order valence-corrected chi connectivity index (χ2v) is 15.8. The molecular weight excluding hydrogens is 673 g/mol. The van der Waals surface area contributed by atoms with Gasteiger partial charge in [0, 0.05) is 37.5 Å². The Morgan fingerprint density at radius 1 is 1.12 bits per heavy atom. The van der Waals surface area contributed by atoms with E-state index in [2.05, 4.69) is 20.6 Å². The lowest BCUT2D eigenvalue weighted by atomic mass is 10.0. The van der Waals surface area contributed by atoms with E-state index >= 15 is 0 Å². The summed E-state index contributed by atoms with van der Waals surface area (Å²) >= 11 is 1.50. The van der Waals surface area contributed by atoms with Crippen molar-refractivity contribution in [2.75, 3.05) is 31.1 Å². The monoisotopic (exact) mass is 722 g/mol. The Morgan fingerprint density at radius 2 is 1.90 bits per heavy atom. The number of amides is 3. The molecule has 0 bridgehead atoms. The molecule has 3 fully saturated rings. The molecule has 5 heterocycles. The van der Waals surface area contributed by atoms with Gasteiger partial charge in [-0.05, 0) is 83.0 Å². The normalized spacial score (nSPS) is 27.1. The molecule has 0 spiro atoms. The highest BCUT2D eigenvalue weighted by atomic mass is 32.1. The maximum atomic E-state index is 14.5. The summed E-state index contributed by atoms with van der Waals surface area (Å²) in [5.41, 5.74) is -0.181. The fourth-order valence-electron chi connectivity index (χ4n) is 7.55. The van der Waals surface area contributed by atoms with Crippen LogP contribution in [0.2, 0.25) is 0 Å². The molecule has 2 N–H and O–H groups in total. The standard InChI is InChI=1S/C37H50N6O7S/c1-5-49-34(47)37-20-25(37)13-9-7-6-8-10-14-27(39-35(48)50-36(2,3)4)32(45)42-22-26(19-28(42)31(44)40-37)43-33(46)30(24-15-18-51-23-24)29(21-38-43)41-16-11-12-17-41/h9,13,15,18,21,23,25-28H,5-8,10-12,14,16-17,19-20,22H2,1-4H3,(H,39,48)(H,40,44)/t25?,26-,27+,28+,37-/m1/s1. The molecule has 13 nitrogen and oxygen atoms in total. The van der Waals surface area contributed by atoms with Crippen molar-refractivity contribution in [1.82, 2.24) is 25.3 Å². The Balaban J connectivity index is 1.37. The van der Waals surface area contributed by atoms with Crippen LogP contribution >= 0.6 is 11.3 Å². The predicted molar refractivity (Wildman–Crippen MR) is 193 cm³/mol. The van der Waals surface area contributed by atoms with Gasteiger partial charge in [0.1, 0.15) is 23.2 Å². The lowest BCUT2D eigenvalue weighted by Gasteiger charge is -2.30. The Morgan fingerprint density at radius 3 is 2.61 bits per heavy atom. The molecule has 0 aromatic carbocycles. The number of allylic oxidation sites excluding steroid dienone is 1. The summed E-state index contributed by atoms with van der Waals surface area (Å²) in [7, 11) is 0. The molecule has 14 heteroatoms. The molecule has 1 aliphatic carbocycles. The van der Waals surface area contributed by atoms with Crippen molar-refractivity contribution in [1.29, 1.82) is 0 Å². The first-order chi connectivity index (χ1) is 24.4. The third kappa shape index (κ3) is 8.00. The zero-order valence-electron chi connectivity index (χ0n) is 30.0. The number of hydrogen-bond acceptors (Lipinski definition) is 10. The molecular formula is C37H50N6O7S. The van der Waals surface area contributed by atoms with Gasteiger partial charge in [-0.1, -0.05) is 25.0 Å². The summed E-state index contributed by atoms with van der Waals surface area (Å²) in [5.74, 6) is -1.71. The molecule has 1 unspecified atom stereocenters. The average Bonchev–Trinajstić information content (AvgIpc) is 3.60. The fraction of sp³-hybridized carbons (Fsp3) is 0.622. The molecule has 2 saturated heterocycles. The molecule has 2 aromatic heterocycles. The zero-order valence-corrected chi connectivity index (χ0v) is 30.8. The quantitative estimate of drug-likeness (QED) is 0.323. The number of rotatable bonds is 6. The number of nitrogens with zero attached hydrogens (tertiary/aromatic N) is 4. The van der Waals surface area contributed by atoms with Crippen LogP contribution in [0.15, 0.2) is 40.0 Å². The minimum Gasteiger partial charge on any atom is -0.464 e. The summed E-state index contributed by atoms with van der Waals surface area (Å²) in [6, 6.07) is -0.727. The second-order valence-electron chi connectivity index (χ2n) is 15.0. The first-order valence-electron chi connectivity index (χ1n) is 18.3. The molecule has 3 aliphatic heterocycles. The van der Waals surface area contributed by atoms with E-state index in [0.29, 0.717) is 24.8 Å². The third-order valence-corrected chi connectivity index (χ3v) is 10.9. The summed E-state index contributed by atoms with van der Waals surface area (Å²) in [6.07, 6.45) is 11.0. The van der Waals surface area contributed by atoms with E-state index in [1.165, 1.54) is 20.9 Å². The molecule has 5 atom stereocenters. The van der Waals surface area contributed by atoms with Gasteiger partial charge in [0.25, 0.3) is 5.56 Å². The van der Waals surface area contributed by atoms with Gasteiger partial charge in [-0.3, -0.25) is 14.4 Å². The number of hydrogen-bond donors (Lipinski definition) is 2. The molecule has 0 radical (unpaired) electrons. The van der Waals surface area contributed by atoms with E-state index < -0.39 is 53.1 Å². The maximum Gasteiger partial charge on any atom is 0.408 e. The number of aromatic nitrogens is 2. The SMILES string of the molecule is CCOC(=O)[C@@]12CC1C=CCCCCC[C@H](NC(=O)OC(C)(C)C)C(=O)N1C[C@H](n3ncc(N4CCCC4)c(-c4ccsc4)c3=O)C[C@H]1C(=O)N2. The van der Waals surface area contributed by atoms with Crippen molar-refractivity contribution in [2.24, 2.45) is 5.92 Å². The molecule has 2 aromatic rings. The van der Waals surface area contributed by atoms with E-state index in [0.717, 1.165) is 56.4 Å². The van der Waals surface area contributed by atoms with Crippen LogP contribution in [0.1, 0.15) is 91.5 Å². The molecule has 3 amide bonds. The Labute approximate surface area is 302 Å². The summed E-state index contributed by atoms with van der Waals surface area (Å²) < 4.78 is 12.3. The highest BCUT2D eigenvalue weighted by Crippen LogP contribution is 2.46. The number of anilines is 1. The van der Waals surface area contributed by atoms with Gasteiger partial charge in [-0.25, -0.2) is 14.3 Å². The van der Waals surface area contributed by atoms with Crippen LogP contribution in [-0.2, 0) is 23.9 Å². The minimum atomic E-state index is -1.23. The zero-order chi connectivity index (χ0) is 36.3. The average molecular weight is 723 g/mol. The van der Waals surface area contributed by atoms with E-state index in [-0.39, 0.29) is 31.0 Å². The number of nitrogens with one attached hydrogen (secondary N) is 2. The Bertz CT molecular complexity index is 1700. The van der Waals surface area contributed by atoms with Gasteiger partial charge < -0.3 is 29.9 Å². The number of ether oxygens (including phenoxy) is 2. The lowest BCUT2D eigenvalue weighted by Crippen LogP contribution is -2.56. The van der Waals surface area contributed by atoms with Crippen molar-refractivity contribution in [3.63, 3.8) is 0 Å². The second kappa shape index (κ2) is 15.2. The Hall–Kier alpha value is -4.20. The molecule has 1 saturated carbocycles. The first kappa shape index (κ1) is 36.6. The number of fused-ring (bicyclic) bond motifs is 2. The first-order valence-corrected chi connectivity index (χ1v) is 19.2. The number of esters is 1. The van der Waals surface area contributed by atoms with Crippen LogP contribution in [0.25, 0.3) is 11.1 Å². The van der Waals surface area contributed by atoms with Crippen molar-refractivity contribution >= 4 is 40.9 Å². The Kier molecular flexibility index (Phi) is 10.9. The maximum absolute atomic E-state index is 14.5. The van der Waals surface area contributed by atoms with Crippen LogP contribution < -0.4 is 21.1 Å². The number of carbonyl (C=O) groups excluding carboxylic acids is 4. The number of alkyl carbamates (subject to hydrolysis) is 1. The van der Waals surface area contributed by atoms with Gasteiger partial charge in [-0.15, -0.1) is 0 Å². The highest BCUT2D eigenvalue weighted by Gasteiger charge is 2.62. The lowest BCUT2D eigenvalue weighted by molar-refractivity contribution is -0.150. The van der Waals surface area contributed by atoms with Crippen molar-refractivity contribution in [2.45, 2.75) is 115 Å². The number of thiophene rings is 1. The van der Waals surface area contributed by atoms with Gasteiger partial charge in [-0.2, -0.15) is 16.4 Å². The largest absolute Gasteiger partial charge is 0.464 e. The molecule has 4 aliphatic rings. The number of carbonyl (C=O) groups is 4. The van der Waals surface area contributed by atoms with Crippen molar-refractivity contribution in [3.8, 4) is 11.1 Å². The van der Waals surface area contributed by atoms with Crippen LogP contribution in [0, 0.1) is 5.92 Å². The minimum absolute atomic E-state index is 0.0121. The van der Waals surface area contributed by atoms with Crippen molar-refractivity contribution in [3.05, 3.63) is 45.5 Å². The summed E-state index contributed by atoms with van der Waals surface area (Å²) in [6.45, 7) is 8.81. The van der Waals surface area contributed by atoms with E-state index in [4.69, 9.17) is 9.47 Å². The van der Waals surface area contributed by atoms with Gasteiger partial charge in [0.2, 0.25) is 11.8 Å². The third-order valence-electron chi connectivity index (χ3n) is 10.2. The summed E-state index contributed by atoms with van der Waals surface area (Å²) in [4.78, 5) is 73.2. The molecule has 51 heavy (non-hydrogen) atoms. The van der Waals surface area contributed by atoms with Crippen LogP contribution in [0.4, 0.5) is 10.5 Å². The molecule has 6 rings (SSSR count).